The molecule has 0 bridgehead atoms. The molecule has 0 aliphatic carbocycles. The molecule has 2 aromatic carbocycles. The van der Waals surface area contributed by atoms with Gasteiger partial charge in [0.2, 0.25) is 10.0 Å². The molecule has 170 valence electrons. The summed E-state index contributed by atoms with van der Waals surface area (Å²) in [5, 5.41) is 4.14. The fourth-order valence-corrected chi connectivity index (χ4v) is 5.13. The summed E-state index contributed by atoms with van der Waals surface area (Å²) in [5.74, 6) is -0.273. The van der Waals surface area contributed by atoms with Crippen molar-refractivity contribution in [3.8, 4) is 0 Å². The molecule has 0 spiro atoms. The summed E-state index contributed by atoms with van der Waals surface area (Å²) < 4.78 is 26.5. The van der Waals surface area contributed by atoms with Crippen LogP contribution in [0.3, 0.4) is 0 Å². The molecule has 1 aliphatic rings. The number of carbonyl (C=O) groups excluding carboxylic acids is 1. The Morgan fingerprint density at radius 3 is 2.50 bits per heavy atom. The summed E-state index contributed by atoms with van der Waals surface area (Å²) in [4.78, 5) is 18.9. The molecule has 1 aliphatic heterocycles. The molecule has 2 N–H and O–H groups in total. The SMILES string of the molecule is Cc1[nH]c2ccc(CNC(=O)c3cc(S(=O)(=O)N(C)C)ccc3N3CCCC3)cc2c1C. The Kier molecular flexibility index (Phi) is 6.01. The predicted octanol–water partition coefficient (Wildman–Crippen LogP) is 3.57. The zero-order chi connectivity index (χ0) is 23.0. The van der Waals surface area contributed by atoms with Gasteiger partial charge in [-0.15, -0.1) is 0 Å². The van der Waals surface area contributed by atoms with Crippen LogP contribution in [0.1, 0.15) is 40.0 Å². The Balaban J connectivity index is 1.63. The van der Waals surface area contributed by atoms with E-state index in [0.717, 1.165) is 58.1 Å². The average molecular weight is 455 g/mol. The van der Waals surface area contributed by atoms with E-state index in [-0.39, 0.29) is 10.8 Å². The van der Waals surface area contributed by atoms with Crippen LogP contribution in [0.15, 0.2) is 41.3 Å². The molecule has 0 radical (unpaired) electrons. The number of carbonyl (C=O) groups is 1. The molecule has 4 rings (SSSR count). The second-order valence-electron chi connectivity index (χ2n) is 8.60. The topological polar surface area (TPSA) is 85.5 Å². The highest BCUT2D eigenvalue weighted by molar-refractivity contribution is 7.89. The highest BCUT2D eigenvalue weighted by atomic mass is 32.2. The smallest absolute Gasteiger partial charge is 0.253 e. The van der Waals surface area contributed by atoms with Gasteiger partial charge in [0.1, 0.15) is 0 Å². The molecule has 1 aromatic heterocycles. The third-order valence-electron chi connectivity index (χ3n) is 6.26. The van der Waals surface area contributed by atoms with E-state index in [2.05, 4.69) is 28.2 Å². The van der Waals surface area contributed by atoms with Gasteiger partial charge in [-0.05, 0) is 68.1 Å². The number of fused-ring (bicyclic) bond motifs is 1. The van der Waals surface area contributed by atoms with E-state index < -0.39 is 10.0 Å². The van der Waals surface area contributed by atoms with Crippen molar-refractivity contribution >= 4 is 32.5 Å². The number of hydrogen-bond acceptors (Lipinski definition) is 4. The van der Waals surface area contributed by atoms with Crippen molar-refractivity contribution in [3.63, 3.8) is 0 Å². The van der Waals surface area contributed by atoms with Gasteiger partial charge in [-0.25, -0.2) is 12.7 Å². The minimum absolute atomic E-state index is 0.121. The zero-order valence-corrected chi connectivity index (χ0v) is 19.8. The number of amides is 1. The van der Waals surface area contributed by atoms with Crippen LogP contribution in [0.2, 0.25) is 0 Å². The fraction of sp³-hybridized carbons (Fsp3) is 0.375. The summed E-state index contributed by atoms with van der Waals surface area (Å²) in [6.07, 6.45) is 2.13. The molecule has 32 heavy (non-hydrogen) atoms. The van der Waals surface area contributed by atoms with Gasteiger partial charge in [0.25, 0.3) is 5.91 Å². The second-order valence-corrected chi connectivity index (χ2v) is 10.7. The fourth-order valence-electron chi connectivity index (χ4n) is 4.20. The number of nitrogens with zero attached hydrogens (tertiary/aromatic N) is 2. The van der Waals surface area contributed by atoms with Gasteiger partial charge in [-0.1, -0.05) is 6.07 Å². The molecule has 3 aromatic rings. The van der Waals surface area contributed by atoms with Crippen molar-refractivity contribution in [1.29, 1.82) is 0 Å². The number of rotatable bonds is 6. The Labute approximate surface area is 189 Å². The van der Waals surface area contributed by atoms with Gasteiger partial charge in [0.15, 0.2) is 0 Å². The zero-order valence-electron chi connectivity index (χ0n) is 19.0. The molecular weight excluding hydrogens is 424 g/mol. The van der Waals surface area contributed by atoms with Crippen LogP contribution in [0.5, 0.6) is 0 Å². The van der Waals surface area contributed by atoms with Crippen LogP contribution in [-0.4, -0.2) is 50.8 Å². The first-order valence-electron chi connectivity index (χ1n) is 10.9. The highest BCUT2D eigenvalue weighted by Crippen LogP contribution is 2.28. The van der Waals surface area contributed by atoms with Crippen LogP contribution >= 0.6 is 0 Å². The Morgan fingerprint density at radius 2 is 1.81 bits per heavy atom. The summed E-state index contributed by atoms with van der Waals surface area (Å²) >= 11 is 0. The molecule has 2 heterocycles. The van der Waals surface area contributed by atoms with Gasteiger partial charge >= 0.3 is 0 Å². The van der Waals surface area contributed by atoms with Crippen molar-refractivity contribution in [2.75, 3.05) is 32.1 Å². The molecule has 8 heteroatoms. The Hall–Kier alpha value is -2.84. The lowest BCUT2D eigenvalue weighted by Gasteiger charge is -2.22. The highest BCUT2D eigenvalue weighted by Gasteiger charge is 2.24. The van der Waals surface area contributed by atoms with Crippen LogP contribution in [0, 0.1) is 13.8 Å². The molecule has 0 saturated carbocycles. The second kappa shape index (κ2) is 8.60. The van der Waals surface area contributed by atoms with E-state index >= 15 is 0 Å². The minimum Gasteiger partial charge on any atom is -0.371 e. The number of H-pyrrole nitrogens is 1. The quantitative estimate of drug-likeness (QED) is 0.596. The lowest BCUT2D eigenvalue weighted by atomic mass is 10.1. The standard InChI is InChI=1S/C24H30N4O3S/c1-16-17(2)26-22-9-7-18(13-20(16)22)15-25-24(29)21-14-19(32(30,31)27(3)4)8-10-23(21)28-11-5-6-12-28/h7-10,13-14,26H,5-6,11-12,15H2,1-4H3,(H,25,29). The Bertz CT molecular complexity index is 1270. The molecule has 1 saturated heterocycles. The largest absolute Gasteiger partial charge is 0.371 e. The Morgan fingerprint density at radius 1 is 1.09 bits per heavy atom. The number of hydrogen-bond donors (Lipinski definition) is 2. The van der Waals surface area contributed by atoms with E-state index in [0.29, 0.717) is 12.1 Å². The number of sulfonamides is 1. The minimum atomic E-state index is -3.64. The van der Waals surface area contributed by atoms with E-state index in [4.69, 9.17) is 0 Å². The van der Waals surface area contributed by atoms with Gasteiger partial charge in [-0.3, -0.25) is 4.79 Å². The lowest BCUT2D eigenvalue weighted by Crippen LogP contribution is -2.28. The van der Waals surface area contributed by atoms with Crippen LogP contribution in [-0.2, 0) is 16.6 Å². The molecule has 0 atom stereocenters. The maximum atomic E-state index is 13.2. The van der Waals surface area contributed by atoms with Gasteiger partial charge in [0, 0.05) is 56.0 Å². The summed E-state index contributed by atoms with van der Waals surface area (Å²) in [5.41, 5.74) is 5.58. The third-order valence-corrected chi connectivity index (χ3v) is 8.07. The summed E-state index contributed by atoms with van der Waals surface area (Å²) in [6, 6.07) is 11.0. The number of nitrogens with one attached hydrogen (secondary N) is 2. The summed E-state index contributed by atoms with van der Waals surface area (Å²) in [6.45, 7) is 6.22. The van der Waals surface area contributed by atoms with Crippen LogP contribution in [0.25, 0.3) is 10.9 Å². The van der Waals surface area contributed by atoms with E-state index in [1.165, 1.54) is 25.7 Å². The number of aromatic amines is 1. The third kappa shape index (κ3) is 4.12. The van der Waals surface area contributed by atoms with E-state index in [9.17, 15) is 13.2 Å². The van der Waals surface area contributed by atoms with Crippen molar-refractivity contribution in [2.24, 2.45) is 0 Å². The van der Waals surface area contributed by atoms with Gasteiger partial charge < -0.3 is 15.2 Å². The van der Waals surface area contributed by atoms with E-state index in [1.54, 1.807) is 12.1 Å². The van der Waals surface area contributed by atoms with Gasteiger partial charge in [0.05, 0.1) is 10.5 Å². The molecular formula is C24H30N4O3S. The maximum absolute atomic E-state index is 13.2. The summed E-state index contributed by atoms with van der Waals surface area (Å²) in [7, 11) is -0.655. The molecule has 7 nitrogen and oxygen atoms in total. The van der Waals surface area contributed by atoms with Crippen molar-refractivity contribution < 1.29 is 13.2 Å². The molecule has 1 amide bonds. The first-order chi connectivity index (χ1) is 15.2. The number of aromatic nitrogens is 1. The van der Waals surface area contributed by atoms with Crippen LogP contribution in [0.4, 0.5) is 5.69 Å². The number of anilines is 1. The predicted molar refractivity (Wildman–Crippen MR) is 128 cm³/mol. The van der Waals surface area contributed by atoms with Crippen molar-refractivity contribution in [3.05, 3.63) is 58.8 Å². The first-order valence-corrected chi connectivity index (χ1v) is 12.3. The number of benzene rings is 2. The number of aryl methyl sites for hydroxylation is 2. The molecule has 1 fully saturated rings. The van der Waals surface area contributed by atoms with Crippen molar-refractivity contribution in [1.82, 2.24) is 14.6 Å². The molecule has 0 unspecified atom stereocenters. The van der Waals surface area contributed by atoms with Crippen molar-refractivity contribution in [2.45, 2.75) is 38.1 Å². The normalized spacial score (nSPS) is 14.5. The first kappa shape index (κ1) is 22.4. The lowest BCUT2D eigenvalue weighted by molar-refractivity contribution is 0.0951. The average Bonchev–Trinajstić information content (AvgIpc) is 3.40. The maximum Gasteiger partial charge on any atom is 0.253 e. The van der Waals surface area contributed by atoms with Crippen LogP contribution < -0.4 is 10.2 Å². The van der Waals surface area contributed by atoms with E-state index in [1.807, 2.05) is 19.1 Å². The van der Waals surface area contributed by atoms with Gasteiger partial charge in [-0.2, -0.15) is 0 Å². The monoisotopic (exact) mass is 454 g/mol.